The summed E-state index contributed by atoms with van der Waals surface area (Å²) in [5.74, 6) is -0.407. The number of nitrogens with zero attached hydrogens (tertiary/aromatic N) is 2. The largest absolute Gasteiger partial charge is 0.478 e. The van der Waals surface area contributed by atoms with E-state index in [0.29, 0.717) is 15.9 Å². The smallest absolute Gasteiger partial charge is 0.336 e. The molecule has 2 aromatic rings. The van der Waals surface area contributed by atoms with Crippen molar-refractivity contribution in [3.05, 3.63) is 57.8 Å². The molecule has 0 atom stereocenters. The number of aromatic carboxylic acids is 1. The molecule has 0 radical (unpaired) electrons. The molecule has 0 aliphatic carbocycles. The van der Waals surface area contributed by atoms with Gasteiger partial charge in [0.1, 0.15) is 11.8 Å². The highest BCUT2D eigenvalue weighted by molar-refractivity contribution is 9.10. The summed E-state index contributed by atoms with van der Waals surface area (Å²) >= 11 is 4.67. The first-order valence-electron chi connectivity index (χ1n) is 5.61. The van der Waals surface area contributed by atoms with E-state index in [1.165, 1.54) is 11.8 Å². The summed E-state index contributed by atoms with van der Waals surface area (Å²) in [5.41, 5.74) is 1.46. The molecular weight excluding hydrogens is 340 g/mol. The number of aromatic nitrogens is 1. The summed E-state index contributed by atoms with van der Waals surface area (Å²) in [4.78, 5) is 15.9. The Morgan fingerprint density at radius 1 is 1.45 bits per heavy atom. The summed E-state index contributed by atoms with van der Waals surface area (Å²) in [6.07, 6.45) is 1.58. The van der Waals surface area contributed by atoms with Crippen LogP contribution in [0.3, 0.4) is 0 Å². The molecule has 0 fully saturated rings. The van der Waals surface area contributed by atoms with Crippen LogP contribution in [0.5, 0.6) is 0 Å². The molecule has 1 N–H and O–H groups in total. The lowest BCUT2D eigenvalue weighted by Gasteiger charge is -2.05. The normalized spacial score (nSPS) is 10.0. The van der Waals surface area contributed by atoms with Gasteiger partial charge in [-0.2, -0.15) is 5.26 Å². The van der Waals surface area contributed by atoms with Gasteiger partial charge in [0.2, 0.25) is 0 Å². The minimum atomic E-state index is -0.974. The van der Waals surface area contributed by atoms with Crippen molar-refractivity contribution in [2.24, 2.45) is 0 Å². The minimum absolute atomic E-state index is 0.224. The highest BCUT2D eigenvalue weighted by Crippen LogP contribution is 2.27. The zero-order valence-electron chi connectivity index (χ0n) is 10.2. The van der Waals surface area contributed by atoms with Crippen molar-refractivity contribution in [1.29, 1.82) is 5.26 Å². The van der Waals surface area contributed by atoms with E-state index in [4.69, 9.17) is 10.4 Å². The van der Waals surface area contributed by atoms with Crippen LogP contribution in [0.2, 0.25) is 0 Å². The van der Waals surface area contributed by atoms with Gasteiger partial charge in [-0.05, 0) is 45.8 Å². The maximum absolute atomic E-state index is 11.1. The molecule has 0 unspecified atom stereocenters. The summed E-state index contributed by atoms with van der Waals surface area (Å²) < 4.78 is 0.549. The number of rotatable bonds is 4. The van der Waals surface area contributed by atoms with Crippen LogP contribution in [0.25, 0.3) is 0 Å². The van der Waals surface area contributed by atoms with Crippen molar-refractivity contribution in [3.8, 4) is 6.07 Å². The van der Waals surface area contributed by atoms with Crippen LogP contribution in [-0.4, -0.2) is 16.1 Å². The molecule has 0 bridgehead atoms. The van der Waals surface area contributed by atoms with Gasteiger partial charge in [0.25, 0.3) is 0 Å². The highest BCUT2D eigenvalue weighted by atomic mass is 79.9. The molecule has 2 rings (SSSR count). The van der Waals surface area contributed by atoms with Crippen LogP contribution < -0.4 is 0 Å². The maximum Gasteiger partial charge on any atom is 0.336 e. The number of carboxylic acids is 1. The second kappa shape index (κ2) is 6.55. The topological polar surface area (TPSA) is 74.0 Å². The first-order chi connectivity index (χ1) is 9.61. The number of pyridine rings is 1. The van der Waals surface area contributed by atoms with Crippen LogP contribution in [-0.2, 0) is 5.75 Å². The van der Waals surface area contributed by atoms with Crippen molar-refractivity contribution in [1.82, 2.24) is 4.98 Å². The molecule has 0 saturated carbocycles. The summed E-state index contributed by atoms with van der Waals surface area (Å²) in [7, 11) is 0. The number of carbonyl (C=O) groups is 1. The van der Waals surface area contributed by atoms with Gasteiger partial charge >= 0.3 is 5.97 Å². The second-order valence-corrected chi connectivity index (χ2v) is 5.76. The first kappa shape index (κ1) is 14.6. The van der Waals surface area contributed by atoms with Crippen LogP contribution in [0, 0.1) is 11.3 Å². The van der Waals surface area contributed by atoms with Gasteiger partial charge in [-0.1, -0.05) is 6.07 Å². The second-order valence-electron chi connectivity index (χ2n) is 3.86. The van der Waals surface area contributed by atoms with E-state index >= 15 is 0 Å². The van der Waals surface area contributed by atoms with Gasteiger partial charge in [-0.15, -0.1) is 11.8 Å². The Morgan fingerprint density at radius 3 is 2.95 bits per heavy atom. The number of hydrogen-bond acceptors (Lipinski definition) is 4. The average Bonchev–Trinajstić information content (AvgIpc) is 2.46. The fourth-order valence-electron chi connectivity index (χ4n) is 1.57. The molecule has 6 heteroatoms. The lowest BCUT2D eigenvalue weighted by molar-refractivity contribution is 0.0695. The van der Waals surface area contributed by atoms with Crippen molar-refractivity contribution in [3.63, 3.8) is 0 Å². The molecule has 0 aliphatic heterocycles. The number of halogens is 1. The number of hydrogen-bond donors (Lipinski definition) is 1. The van der Waals surface area contributed by atoms with Gasteiger partial charge in [0.15, 0.2) is 0 Å². The fourth-order valence-corrected chi connectivity index (χ4v) is 2.91. The molecule has 20 heavy (non-hydrogen) atoms. The standard InChI is InChI=1S/C14H9BrN2O2S/c15-12-4-3-10(6-11(12)14(18)19)20-8-9-2-1-5-17-13(9)7-16/h1-6H,8H2,(H,18,19). The SMILES string of the molecule is N#Cc1ncccc1CSc1ccc(Br)c(C(=O)O)c1. The Labute approximate surface area is 128 Å². The zero-order chi connectivity index (χ0) is 14.5. The van der Waals surface area contributed by atoms with Crippen molar-refractivity contribution >= 4 is 33.7 Å². The third-order valence-electron chi connectivity index (χ3n) is 2.56. The Kier molecular flexibility index (Phi) is 4.77. The number of thioether (sulfide) groups is 1. The Hall–Kier alpha value is -1.84. The number of nitriles is 1. The van der Waals surface area contributed by atoms with Gasteiger partial charge in [-0.25, -0.2) is 9.78 Å². The third-order valence-corrected chi connectivity index (χ3v) is 4.29. The Bertz CT molecular complexity index is 698. The Balaban J connectivity index is 2.18. The van der Waals surface area contributed by atoms with E-state index in [-0.39, 0.29) is 5.56 Å². The third kappa shape index (κ3) is 3.38. The van der Waals surface area contributed by atoms with Crippen molar-refractivity contribution < 1.29 is 9.90 Å². The van der Waals surface area contributed by atoms with Crippen molar-refractivity contribution in [2.75, 3.05) is 0 Å². The first-order valence-corrected chi connectivity index (χ1v) is 7.39. The lowest BCUT2D eigenvalue weighted by Crippen LogP contribution is -1.97. The fraction of sp³-hybridized carbons (Fsp3) is 0.0714. The highest BCUT2D eigenvalue weighted by Gasteiger charge is 2.10. The van der Waals surface area contributed by atoms with Crippen LogP contribution in [0.4, 0.5) is 0 Å². The quantitative estimate of drug-likeness (QED) is 0.852. The monoisotopic (exact) mass is 348 g/mol. The van der Waals surface area contributed by atoms with Crippen LogP contribution in [0.15, 0.2) is 45.9 Å². The van der Waals surface area contributed by atoms with Gasteiger partial charge in [0.05, 0.1) is 5.56 Å². The molecule has 4 nitrogen and oxygen atoms in total. The molecule has 0 saturated heterocycles. The summed E-state index contributed by atoms with van der Waals surface area (Å²) in [5, 5.41) is 18.0. The Morgan fingerprint density at radius 2 is 2.25 bits per heavy atom. The minimum Gasteiger partial charge on any atom is -0.478 e. The van der Waals surface area contributed by atoms with E-state index < -0.39 is 5.97 Å². The average molecular weight is 349 g/mol. The predicted octanol–water partition coefficient (Wildman–Crippen LogP) is 3.71. The lowest BCUT2D eigenvalue weighted by atomic mass is 10.2. The molecule has 0 amide bonds. The summed E-state index contributed by atoms with van der Waals surface area (Å²) in [6, 6.07) is 10.8. The molecule has 1 heterocycles. The predicted molar refractivity (Wildman–Crippen MR) is 79.6 cm³/mol. The van der Waals surface area contributed by atoms with E-state index in [9.17, 15) is 4.79 Å². The van der Waals surface area contributed by atoms with Gasteiger partial charge in [-0.3, -0.25) is 0 Å². The van der Waals surface area contributed by atoms with Crippen molar-refractivity contribution in [2.45, 2.75) is 10.6 Å². The molecule has 1 aromatic heterocycles. The van der Waals surface area contributed by atoms with Gasteiger partial charge < -0.3 is 5.11 Å². The van der Waals surface area contributed by atoms with E-state index in [1.54, 1.807) is 24.4 Å². The molecular formula is C14H9BrN2O2S. The van der Waals surface area contributed by atoms with E-state index in [2.05, 4.69) is 20.9 Å². The summed E-state index contributed by atoms with van der Waals surface area (Å²) in [6.45, 7) is 0. The zero-order valence-corrected chi connectivity index (χ0v) is 12.6. The number of benzene rings is 1. The maximum atomic E-state index is 11.1. The van der Waals surface area contributed by atoms with E-state index in [0.717, 1.165) is 10.5 Å². The molecule has 0 spiro atoms. The molecule has 0 aliphatic rings. The van der Waals surface area contributed by atoms with Crippen LogP contribution in [0.1, 0.15) is 21.6 Å². The number of carboxylic acid groups (broad SMARTS) is 1. The molecule has 1 aromatic carbocycles. The van der Waals surface area contributed by atoms with Crippen LogP contribution >= 0.6 is 27.7 Å². The molecule has 100 valence electrons. The van der Waals surface area contributed by atoms with E-state index in [1.807, 2.05) is 18.2 Å². The van der Waals surface area contributed by atoms with Gasteiger partial charge in [0, 0.05) is 21.3 Å².